The van der Waals surface area contributed by atoms with Crippen molar-refractivity contribution in [2.45, 2.75) is 38.4 Å². The third-order valence-corrected chi connectivity index (χ3v) is 7.12. The lowest BCUT2D eigenvalue weighted by molar-refractivity contribution is -0.137. The molecule has 1 fully saturated rings. The predicted molar refractivity (Wildman–Crippen MR) is 120 cm³/mol. The first kappa shape index (κ1) is 21.3. The number of benzene rings is 2. The molecule has 2 N–H and O–H groups in total. The minimum atomic E-state index is -0.777. The third kappa shape index (κ3) is 4.11. The first-order valence-electron chi connectivity index (χ1n) is 10.6. The van der Waals surface area contributed by atoms with E-state index < -0.39 is 23.7 Å². The van der Waals surface area contributed by atoms with Gasteiger partial charge < -0.3 is 10.2 Å². The summed E-state index contributed by atoms with van der Waals surface area (Å²) >= 11 is 1.55. The molecule has 1 saturated heterocycles. The number of piperidine rings is 1. The molecule has 3 aromatic rings. The van der Waals surface area contributed by atoms with Crippen LogP contribution in [0.25, 0.3) is 10.1 Å². The number of carbonyl (C=O) groups is 4. The van der Waals surface area contributed by atoms with Gasteiger partial charge in [0.05, 0.1) is 6.42 Å². The highest BCUT2D eigenvalue weighted by Crippen LogP contribution is 2.31. The van der Waals surface area contributed by atoms with E-state index in [-0.39, 0.29) is 49.7 Å². The Labute approximate surface area is 192 Å². The van der Waals surface area contributed by atoms with Crippen LogP contribution in [-0.2, 0) is 33.9 Å². The van der Waals surface area contributed by atoms with Gasteiger partial charge in [-0.1, -0.05) is 18.2 Å². The van der Waals surface area contributed by atoms with Gasteiger partial charge in [-0.25, -0.2) is 4.39 Å². The fraction of sp³-hybridized carbons (Fsp3) is 0.250. The minimum Gasteiger partial charge on any atom is -0.352 e. The van der Waals surface area contributed by atoms with Crippen LogP contribution < -0.4 is 10.6 Å². The van der Waals surface area contributed by atoms with Crippen LogP contribution in [0.3, 0.4) is 0 Å². The van der Waals surface area contributed by atoms with Gasteiger partial charge in [0, 0.05) is 34.7 Å². The second-order valence-electron chi connectivity index (χ2n) is 8.20. The number of carbonyl (C=O) groups excluding carboxylic acids is 4. The summed E-state index contributed by atoms with van der Waals surface area (Å²) in [5, 5.41) is 6.15. The Balaban J connectivity index is 1.30. The van der Waals surface area contributed by atoms with Crippen LogP contribution in [0.5, 0.6) is 0 Å². The summed E-state index contributed by atoms with van der Waals surface area (Å²) in [6.07, 6.45) is 0.581. The first-order chi connectivity index (χ1) is 15.9. The molecular formula is C24H20FN3O4S. The highest BCUT2D eigenvalue weighted by Gasteiger charge is 2.40. The van der Waals surface area contributed by atoms with E-state index in [1.54, 1.807) is 11.3 Å². The molecule has 2 aromatic carbocycles. The van der Waals surface area contributed by atoms with Crippen LogP contribution in [0.4, 0.5) is 4.39 Å². The molecule has 2 aliphatic heterocycles. The van der Waals surface area contributed by atoms with E-state index in [0.717, 1.165) is 21.0 Å². The van der Waals surface area contributed by atoms with Gasteiger partial charge in [-0.3, -0.25) is 24.5 Å². The Morgan fingerprint density at radius 3 is 2.79 bits per heavy atom. The van der Waals surface area contributed by atoms with E-state index in [4.69, 9.17) is 0 Å². The average Bonchev–Trinajstić information content (AvgIpc) is 3.33. The van der Waals surface area contributed by atoms with E-state index >= 15 is 0 Å². The average molecular weight is 466 g/mol. The second-order valence-corrected chi connectivity index (χ2v) is 9.36. The molecule has 1 atom stereocenters. The van der Waals surface area contributed by atoms with Gasteiger partial charge in [0.2, 0.25) is 17.7 Å². The van der Waals surface area contributed by atoms with E-state index in [9.17, 15) is 23.6 Å². The van der Waals surface area contributed by atoms with Crippen molar-refractivity contribution >= 4 is 45.1 Å². The summed E-state index contributed by atoms with van der Waals surface area (Å²) in [5.41, 5.74) is 1.28. The number of halogens is 1. The van der Waals surface area contributed by atoms with Gasteiger partial charge in [0.15, 0.2) is 0 Å². The van der Waals surface area contributed by atoms with Crippen molar-refractivity contribution in [3.63, 3.8) is 0 Å². The van der Waals surface area contributed by atoms with Crippen LogP contribution in [0.2, 0.25) is 0 Å². The number of hydrogen-bond acceptors (Lipinski definition) is 5. The standard InChI is InChI=1S/C24H20FN3O4S/c25-15-7-14(11-26-22(30)10-16-8-13-3-1-2-4-20(13)33-16)18-12-28(24(32)17(18)9-15)19-5-6-21(29)27-23(19)31/h1-4,7-9,19H,5-6,10-12H2,(H,26,30)(H,27,29,31). The highest BCUT2D eigenvalue weighted by molar-refractivity contribution is 7.19. The van der Waals surface area contributed by atoms with Crippen molar-refractivity contribution < 1.29 is 23.6 Å². The summed E-state index contributed by atoms with van der Waals surface area (Å²) in [4.78, 5) is 51.4. The molecule has 0 aliphatic carbocycles. The number of hydrogen-bond donors (Lipinski definition) is 2. The Morgan fingerprint density at radius 1 is 1.18 bits per heavy atom. The molecule has 33 heavy (non-hydrogen) atoms. The zero-order valence-electron chi connectivity index (χ0n) is 17.5. The van der Waals surface area contributed by atoms with Crippen molar-refractivity contribution in [1.29, 1.82) is 0 Å². The number of nitrogens with one attached hydrogen (secondary N) is 2. The lowest BCUT2D eigenvalue weighted by Gasteiger charge is -2.29. The van der Waals surface area contributed by atoms with Crippen molar-refractivity contribution in [2.24, 2.45) is 0 Å². The van der Waals surface area contributed by atoms with Gasteiger partial charge in [0.25, 0.3) is 5.91 Å². The SMILES string of the molecule is O=C(Cc1cc2ccccc2s1)NCc1cc(F)cc2c1CN(C1CCC(=O)NC1=O)C2=O. The largest absolute Gasteiger partial charge is 0.352 e. The van der Waals surface area contributed by atoms with E-state index in [1.165, 1.54) is 11.0 Å². The Morgan fingerprint density at radius 2 is 2.00 bits per heavy atom. The molecule has 5 rings (SSSR count). The van der Waals surface area contributed by atoms with Crippen molar-refractivity contribution in [2.75, 3.05) is 0 Å². The van der Waals surface area contributed by atoms with Gasteiger partial charge >= 0.3 is 0 Å². The summed E-state index contributed by atoms with van der Waals surface area (Å²) in [6, 6.07) is 11.6. The molecule has 4 amide bonds. The Hall–Kier alpha value is -3.59. The van der Waals surface area contributed by atoms with Gasteiger partial charge in [-0.2, -0.15) is 0 Å². The van der Waals surface area contributed by atoms with Gasteiger partial charge in [-0.05, 0) is 47.2 Å². The second kappa shape index (κ2) is 8.40. The summed E-state index contributed by atoms with van der Waals surface area (Å²) in [7, 11) is 0. The maximum atomic E-state index is 14.3. The van der Waals surface area contributed by atoms with E-state index in [1.807, 2.05) is 30.3 Å². The number of imide groups is 1. The van der Waals surface area contributed by atoms with Crippen LogP contribution in [0, 0.1) is 5.82 Å². The number of amides is 4. The highest BCUT2D eigenvalue weighted by atomic mass is 32.1. The van der Waals surface area contributed by atoms with Crippen LogP contribution in [-0.4, -0.2) is 34.6 Å². The molecule has 1 unspecified atom stereocenters. The van der Waals surface area contributed by atoms with E-state index in [0.29, 0.717) is 11.1 Å². The molecule has 3 heterocycles. The molecule has 9 heteroatoms. The monoisotopic (exact) mass is 465 g/mol. The Bertz CT molecular complexity index is 1290. The normalized spacial score (nSPS) is 17.9. The molecule has 0 radical (unpaired) electrons. The summed E-state index contributed by atoms with van der Waals surface area (Å²) in [5.74, 6) is -2.12. The molecule has 0 saturated carbocycles. The quantitative estimate of drug-likeness (QED) is 0.567. The Kier molecular flexibility index (Phi) is 5.41. The van der Waals surface area contributed by atoms with Gasteiger partial charge in [-0.15, -0.1) is 11.3 Å². The molecule has 0 spiro atoms. The lowest BCUT2D eigenvalue weighted by Crippen LogP contribution is -2.52. The van der Waals surface area contributed by atoms with Crippen molar-refractivity contribution in [1.82, 2.24) is 15.5 Å². The number of fused-ring (bicyclic) bond motifs is 2. The maximum Gasteiger partial charge on any atom is 0.255 e. The number of thiophene rings is 1. The van der Waals surface area contributed by atoms with E-state index in [2.05, 4.69) is 10.6 Å². The molecule has 2 aliphatic rings. The van der Waals surface area contributed by atoms with Gasteiger partial charge in [0.1, 0.15) is 11.9 Å². The molecule has 0 bridgehead atoms. The predicted octanol–water partition coefficient (Wildman–Crippen LogP) is 2.66. The lowest BCUT2D eigenvalue weighted by atomic mass is 10.0. The van der Waals surface area contributed by atoms with Crippen LogP contribution >= 0.6 is 11.3 Å². The fourth-order valence-corrected chi connectivity index (χ4v) is 5.46. The minimum absolute atomic E-state index is 0.0697. The molecule has 168 valence electrons. The van der Waals surface area contributed by atoms with Crippen LogP contribution in [0.1, 0.15) is 39.2 Å². The summed E-state index contributed by atoms with van der Waals surface area (Å²) in [6.45, 7) is 0.197. The molecule has 7 nitrogen and oxygen atoms in total. The zero-order valence-corrected chi connectivity index (χ0v) is 18.3. The smallest absolute Gasteiger partial charge is 0.255 e. The topological polar surface area (TPSA) is 95.6 Å². The third-order valence-electron chi connectivity index (χ3n) is 6.00. The first-order valence-corrected chi connectivity index (χ1v) is 11.4. The molecular weight excluding hydrogens is 445 g/mol. The van der Waals surface area contributed by atoms with Crippen molar-refractivity contribution in [3.05, 3.63) is 69.8 Å². The van der Waals surface area contributed by atoms with Crippen molar-refractivity contribution in [3.8, 4) is 0 Å². The molecule has 1 aromatic heterocycles. The fourth-order valence-electron chi connectivity index (χ4n) is 4.40. The zero-order chi connectivity index (χ0) is 23.1. The maximum absolute atomic E-state index is 14.3. The van der Waals surface area contributed by atoms with Crippen LogP contribution in [0.15, 0.2) is 42.5 Å². The number of rotatable bonds is 5. The summed E-state index contributed by atoms with van der Waals surface area (Å²) < 4.78 is 15.4. The number of nitrogens with zero attached hydrogens (tertiary/aromatic N) is 1.